The molecule has 0 aliphatic rings. The summed E-state index contributed by atoms with van der Waals surface area (Å²) in [4.78, 5) is 14.4. The van der Waals surface area contributed by atoms with E-state index < -0.39 is 10.0 Å². The van der Waals surface area contributed by atoms with Crippen molar-refractivity contribution in [1.29, 1.82) is 0 Å². The molecule has 1 N–H and O–H groups in total. The molecule has 0 spiro atoms. The van der Waals surface area contributed by atoms with Crippen LogP contribution in [0.4, 0.5) is 5.69 Å². The van der Waals surface area contributed by atoms with E-state index in [2.05, 4.69) is 4.72 Å². The Bertz CT molecular complexity index is 897. The number of aryl methyl sites for hydroxylation is 1. The van der Waals surface area contributed by atoms with Gasteiger partial charge >= 0.3 is 0 Å². The van der Waals surface area contributed by atoms with Gasteiger partial charge in [0.1, 0.15) is 0 Å². The lowest BCUT2D eigenvalue weighted by atomic mass is 10.1. The van der Waals surface area contributed by atoms with Gasteiger partial charge in [0.05, 0.1) is 18.0 Å². The van der Waals surface area contributed by atoms with E-state index in [0.29, 0.717) is 16.3 Å². The number of hydrogen-bond acceptors (Lipinski definition) is 3. The minimum atomic E-state index is -3.42. The molecule has 2 aromatic rings. The Morgan fingerprint density at radius 1 is 1.20 bits per heavy atom. The van der Waals surface area contributed by atoms with Crippen LogP contribution in [0.25, 0.3) is 0 Å². The van der Waals surface area contributed by atoms with Crippen molar-refractivity contribution in [3.05, 3.63) is 64.2 Å². The van der Waals surface area contributed by atoms with Crippen molar-refractivity contribution in [2.45, 2.75) is 19.9 Å². The number of hydrogen-bond donors (Lipinski definition) is 1. The molecule has 2 rings (SSSR count). The summed E-state index contributed by atoms with van der Waals surface area (Å²) in [5, 5.41) is 0.611. The lowest BCUT2D eigenvalue weighted by Crippen LogP contribution is -2.29. The van der Waals surface area contributed by atoms with Crippen molar-refractivity contribution in [3.63, 3.8) is 0 Å². The highest BCUT2D eigenvalue weighted by Crippen LogP contribution is 2.25. The van der Waals surface area contributed by atoms with Crippen LogP contribution in [0.2, 0.25) is 5.02 Å². The molecule has 7 heteroatoms. The number of carbonyl (C=O) groups excluding carboxylic acids is 1. The molecule has 5 nitrogen and oxygen atoms in total. The number of carbonyl (C=O) groups is 1. The molecule has 1 amide bonds. The third-order valence-electron chi connectivity index (χ3n) is 4.01. The Hall–Kier alpha value is -2.05. The second-order valence-electron chi connectivity index (χ2n) is 6.05. The molecule has 1 unspecified atom stereocenters. The average Bonchev–Trinajstić information content (AvgIpc) is 2.53. The van der Waals surface area contributed by atoms with Gasteiger partial charge in [-0.05, 0) is 49.2 Å². The molecule has 0 heterocycles. The van der Waals surface area contributed by atoms with E-state index in [1.165, 1.54) is 0 Å². The number of amides is 1. The van der Waals surface area contributed by atoms with Gasteiger partial charge in [0.25, 0.3) is 5.91 Å². The van der Waals surface area contributed by atoms with Crippen molar-refractivity contribution in [3.8, 4) is 0 Å². The smallest absolute Gasteiger partial charge is 0.254 e. The standard InChI is InChI=1S/C18H21ClN2O3S/c1-12-8-9-15(11-17(12)20-25(4,23)24)18(22)21(3)13(2)14-6-5-7-16(19)10-14/h5-11,13,20H,1-4H3. The van der Waals surface area contributed by atoms with Crippen molar-refractivity contribution in [2.75, 3.05) is 18.0 Å². The zero-order chi connectivity index (χ0) is 18.8. The first-order valence-corrected chi connectivity index (χ1v) is 9.96. The van der Waals surface area contributed by atoms with Gasteiger partial charge in [0, 0.05) is 17.6 Å². The molecule has 0 saturated carbocycles. The Morgan fingerprint density at radius 2 is 1.88 bits per heavy atom. The molecule has 134 valence electrons. The van der Waals surface area contributed by atoms with E-state index in [0.717, 1.165) is 17.4 Å². The minimum absolute atomic E-state index is 0.182. The summed E-state index contributed by atoms with van der Waals surface area (Å²) in [6, 6.07) is 12.1. The summed E-state index contributed by atoms with van der Waals surface area (Å²) in [6.45, 7) is 3.69. The summed E-state index contributed by atoms with van der Waals surface area (Å²) < 4.78 is 25.4. The number of nitrogens with one attached hydrogen (secondary N) is 1. The van der Waals surface area contributed by atoms with Crippen molar-refractivity contribution in [1.82, 2.24) is 4.90 Å². The second kappa shape index (κ2) is 7.45. The highest BCUT2D eigenvalue weighted by atomic mass is 35.5. The predicted octanol–water partition coefficient (Wildman–Crippen LogP) is 3.85. The third kappa shape index (κ3) is 4.96. The van der Waals surface area contributed by atoms with Gasteiger partial charge in [-0.2, -0.15) is 0 Å². The number of rotatable bonds is 5. The van der Waals surface area contributed by atoms with Crippen LogP contribution in [0.3, 0.4) is 0 Å². The monoisotopic (exact) mass is 380 g/mol. The van der Waals surface area contributed by atoms with Gasteiger partial charge in [-0.15, -0.1) is 0 Å². The zero-order valence-corrected chi connectivity index (χ0v) is 16.1. The minimum Gasteiger partial charge on any atom is -0.335 e. The maximum absolute atomic E-state index is 12.8. The van der Waals surface area contributed by atoms with E-state index >= 15 is 0 Å². The largest absolute Gasteiger partial charge is 0.335 e. The Kier molecular flexibility index (Phi) is 5.75. The summed E-state index contributed by atoms with van der Waals surface area (Å²) in [5.74, 6) is -0.205. The Labute approximate surface area is 153 Å². The number of benzene rings is 2. The first-order valence-electron chi connectivity index (χ1n) is 7.69. The van der Waals surface area contributed by atoms with Gasteiger partial charge < -0.3 is 4.90 Å². The van der Waals surface area contributed by atoms with Crippen LogP contribution in [0, 0.1) is 6.92 Å². The fourth-order valence-corrected chi connectivity index (χ4v) is 3.25. The second-order valence-corrected chi connectivity index (χ2v) is 8.24. The molecule has 0 saturated heterocycles. The highest BCUT2D eigenvalue weighted by Gasteiger charge is 2.20. The molecule has 1 atom stereocenters. The normalized spacial score (nSPS) is 12.5. The van der Waals surface area contributed by atoms with E-state index in [-0.39, 0.29) is 11.9 Å². The molecule has 0 aromatic heterocycles. The molecule has 0 aliphatic carbocycles. The lowest BCUT2D eigenvalue weighted by molar-refractivity contribution is 0.0742. The zero-order valence-electron chi connectivity index (χ0n) is 14.6. The summed E-state index contributed by atoms with van der Waals surface area (Å²) >= 11 is 6.02. The molecule has 25 heavy (non-hydrogen) atoms. The fourth-order valence-electron chi connectivity index (χ4n) is 2.43. The van der Waals surface area contributed by atoms with Gasteiger partial charge in [-0.1, -0.05) is 29.8 Å². The summed E-state index contributed by atoms with van der Waals surface area (Å²) in [5.41, 5.74) is 2.47. The van der Waals surface area contributed by atoms with E-state index in [1.54, 1.807) is 43.1 Å². The molecule has 0 fully saturated rings. The van der Waals surface area contributed by atoms with Crippen LogP contribution < -0.4 is 4.72 Å². The van der Waals surface area contributed by atoms with Crippen LogP contribution in [0.5, 0.6) is 0 Å². The highest BCUT2D eigenvalue weighted by molar-refractivity contribution is 7.92. The van der Waals surface area contributed by atoms with E-state index in [9.17, 15) is 13.2 Å². The lowest BCUT2D eigenvalue weighted by Gasteiger charge is -2.26. The van der Waals surface area contributed by atoms with E-state index in [4.69, 9.17) is 11.6 Å². The SMILES string of the molecule is Cc1ccc(C(=O)N(C)C(C)c2cccc(Cl)c2)cc1NS(C)(=O)=O. The van der Waals surface area contributed by atoms with Crippen LogP contribution >= 0.6 is 11.6 Å². The van der Waals surface area contributed by atoms with Gasteiger partial charge in [-0.25, -0.2) is 8.42 Å². The van der Waals surface area contributed by atoms with E-state index in [1.807, 2.05) is 25.1 Å². The summed E-state index contributed by atoms with van der Waals surface area (Å²) in [6.07, 6.45) is 1.08. The Balaban J connectivity index is 2.29. The molecule has 0 aliphatic heterocycles. The fraction of sp³-hybridized carbons (Fsp3) is 0.278. The van der Waals surface area contributed by atoms with Crippen LogP contribution in [0.1, 0.15) is 34.5 Å². The maximum Gasteiger partial charge on any atom is 0.254 e. The van der Waals surface area contributed by atoms with Crippen molar-refractivity contribution in [2.24, 2.45) is 0 Å². The van der Waals surface area contributed by atoms with Gasteiger partial charge in [0.15, 0.2) is 0 Å². The number of anilines is 1. The van der Waals surface area contributed by atoms with Crippen LogP contribution in [-0.4, -0.2) is 32.5 Å². The average molecular weight is 381 g/mol. The van der Waals surface area contributed by atoms with Gasteiger partial charge in [-0.3, -0.25) is 9.52 Å². The number of sulfonamides is 1. The van der Waals surface area contributed by atoms with Crippen molar-refractivity contribution >= 4 is 33.2 Å². The van der Waals surface area contributed by atoms with Crippen LogP contribution in [-0.2, 0) is 10.0 Å². The van der Waals surface area contributed by atoms with Crippen LogP contribution in [0.15, 0.2) is 42.5 Å². The molecule has 0 bridgehead atoms. The quantitative estimate of drug-likeness (QED) is 0.856. The summed E-state index contributed by atoms with van der Waals surface area (Å²) in [7, 11) is -1.71. The molecular formula is C18H21ClN2O3S. The first-order chi connectivity index (χ1) is 11.6. The predicted molar refractivity (Wildman–Crippen MR) is 102 cm³/mol. The number of nitrogens with zero attached hydrogens (tertiary/aromatic N) is 1. The maximum atomic E-state index is 12.8. The Morgan fingerprint density at radius 3 is 2.48 bits per heavy atom. The van der Waals surface area contributed by atoms with Gasteiger partial charge in [0.2, 0.25) is 10.0 Å². The first kappa shape index (κ1) is 19.3. The molecule has 0 radical (unpaired) electrons. The molecule has 2 aromatic carbocycles. The topological polar surface area (TPSA) is 66.5 Å². The van der Waals surface area contributed by atoms with Crippen molar-refractivity contribution < 1.29 is 13.2 Å². The third-order valence-corrected chi connectivity index (χ3v) is 4.84. The molecular weight excluding hydrogens is 360 g/mol. The number of halogens is 1.